The SMILES string of the molecule is Cc1nc(C(=O)N2CCC(C(=O)O)CC2)nn1-c1ccccc1C(C)C. The summed E-state index contributed by atoms with van der Waals surface area (Å²) >= 11 is 0. The molecule has 1 aromatic heterocycles. The Hall–Kier alpha value is -2.70. The van der Waals surface area contributed by atoms with Crippen LogP contribution >= 0.6 is 0 Å². The smallest absolute Gasteiger partial charge is 0.306 e. The lowest BCUT2D eigenvalue weighted by molar-refractivity contribution is -0.143. The Morgan fingerprint density at radius 2 is 1.85 bits per heavy atom. The van der Waals surface area contributed by atoms with E-state index in [9.17, 15) is 9.59 Å². The number of hydrogen-bond donors (Lipinski definition) is 1. The van der Waals surface area contributed by atoms with Gasteiger partial charge in [-0.05, 0) is 37.3 Å². The summed E-state index contributed by atoms with van der Waals surface area (Å²) in [4.78, 5) is 29.8. The lowest BCUT2D eigenvalue weighted by atomic mass is 9.97. The number of likely N-dealkylation sites (tertiary alicyclic amines) is 1. The molecule has 7 nitrogen and oxygen atoms in total. The van der Waals surface area contributed by atoms with E-state index in [2.05, 4.69) is 30.0 Å². The topological polar surface area (TPSA) is 88.3 Å². The minimum Gasteiger partial charge on any atom is -0.481 e. The van der Waals surface area contributed by atoms with E-state index in [0.717, 1.165) is 11.3 Å². The summed E-state index contributed by atoms with van der Waals surface area (Å²) in [6.45, 7) is 6.91. The van der Waals surface area contributed by atoms with Crippen LogP contribution in [0.25, 0.3) is 5.69 Å². The van der Waals surface area contributed by atoms with Crippen LogP contribution in [0.15, 0.2) is 24.3 Å². The van der Waals surface area contributed by atoms with Crippen molar-refractivity contribution in [1.82, 2.24) is 19.7 Å². The fourth-order valence-electron chi connectivity index (χ4n) is 3.35. The van der Waals surface area contributed by atoms with Gasteiger partial charge in [0.15, 0.2) is 0 Å². The first-order valence-corrected chi connectivity index (χ1v) is 8.93. The standard InChI is InChI=1S/C19H24N4O3/c1-12(2)15-6-4-5-7-16(15)23-13(3)20-17(21-23)18(24)22-10-8-14(9-11-22)19(25)26/h4-7,12,14H,8-11H2,1-3H3,(H,25,26). The highest BCUT2D eigenvalue weighted by molar-refractivity contribution is 5.90. The summed E-state index contributed by atoms with van der Waals surface area (Å²) < 4.78 is 1.71. The Balaban J connectivity index is 1.83. The number of aryl methyl sites for hydroxylation is 1. The summed E-state index contributed by atoms with van der Waals surface area (Å²) in [5, 5.41) is 13.5. The molecule has 1 fully saturated rings. The van der Waals surface area contributed by atoms with Gasteiger partial charge >= 0.3 is 5.97 Å². The van der Waals surface area contributed by atoms with Crippen molar-refractivity contribution in [2.45, 2.75) is 39.5 Å². The predicted molar refractivity (Wildman–Crippen MR) is 96.4 cm³/mol. The van der Waals surface area contributed by atoms with Crippen LogP contribution in [0.1, 0.15) is 54.6 Å². The van der Waals surface area contributed by atoms with Gasteiger partial charge in [0.05, 0.1) is 11.6 Å². The first kappa shape index (κ1) is 18.1. The van der Waals surface area contributed by atoms with Crippen molar-refractivity contribution < 1.29 is 14.7 Å². The highest BCUT2D eigenvalue weighted by Gasteiger charge is 2.29. The van der Waals surface area contributed by atoms with Crippen LogP contribution in [0.4, 0.5) is 0 Å². The van der Waals surface area contributed by atoms with E-state index in [0.29, 0.717) is 37.7 Å². The molecule has 1 aliphatic heterocycles. The number of carbonyl (C=O) groups excluding carboxylic acids is 1. The van der Waals surface area contributed by atoms with Crippen molar-refractivity contribution >= 4 is 11.9 Å². The maximum Gasteiger partial charge on any atom is 0.306 e. The summed E-state index contributed by atoms with van der Waals surface area (Å²) in [7, 11) is 0. The van der Waals surface area contributed by atoms with Crippen LogP contribution in [0.5, 0.6) is 0 Å². The fraction of sp³-hybridized carbons (Fsp3) is 0.474. The van der Waals surface area contributed by atoms with Crippen LogP contribution in [-0.2, 0) is 4.79 Å². The molecule has 26 heavy (non-hydrogen) atoms. The van der Waals surface area contributed by atoms with Crippen LogP contribution in [-0.4, -0.2) is 49.7 Å². The van der Waals surface area contributed by atoms with Gasteiger partial charge in [-0.1, -0.05) is 32.0 Å². The van der Waals surface area contributed by atoms with Gasteiger partial charge in [-0.15, -0.1) is 5.10 Å². The molecular formula is C19H24N4O3. The van der Waals surface area contributed by atoms with Gasteiger partial charge in [-0.25, -0.2) is 9.67 Å². The van der Waals surface area contributed by atoms with Crippen LogP contribution < -0.4 is 0 Å². The molecule has 7 heteroatoms. The third-order valence-electron chi connectivity index (χ3n) is 4.88. The lowest BCUT2D eigenvalue weighted by Gasteiger charge is -2.29. The Morgan fingerprint density at radius 1 is 1.19 bits per heavy atom. The molecule has 0 saturated carbocycles. The summed E-state index contributed by atoms with van der Waals surface area (Å²) in [5.41, 5.74) is 2.07. The quantitative estimate of drug-likeness (QED) is 0.910. The van der Waals surface area contributed by atoms with Gasteiger partial charge in [-0.2, -0.15) is 0 Å². The third kappa shape index (κ3) is 3.47. The molecule has 2 aromatic rings. The van der Waals surface area contributed by atoms with Crippen molar-refractivity contribution in [3.63, 3.8) is 0 Å². The molecule has 1 amide bonds. The fourth-order valence-corrected chi connectivity index (χ4v) is 3.35. The second kappa shape index (κ2) is 7.27. The Labute approximate surface area is 152 Å². The Kier molecular flexibility index (Phi) is 5.06. The zero-order valence-electron chi connectivity index (χ0n) is 15.3. The van der Waals surface area contributed by atoms with Crippen LogP contribution in [0, 0.1) is 12.8 Å². The van der Waals surface area contributed by atoms with E-state index in [4.69, 9.17) is 5.11 Å². The molecule has 0 bridgehead atoms. The maximum absolute atomic E-state index is 12.7. The number of nitrogens with zero attached hydrogens (tertiary/aromatic N) is 4. The van der Waals surface area contributed by atoms with E-state index in [1.807, 2.05) is 25.1 Å². The zero-order valence-corrected chi connectivity index (χ0v) is 15.3. The average molecular weight is 356 g/mol. The molecule has 1 aromatic carbocycles. The van der Waals surface area contributed by atoms with Gasteiger partial charge in [0, 0.05) is 13.1 Å². The van der Waals surface area contributed by atoms with E-state index in [-0.39, 0.29) is 17.6 Å². The van der Waals surface area contributed by atoms with Gasteiger partial charge in [0.2, 0.25) is 5.82 Å². The number of aliphatic carboxylic acids is 1. The Morgan fingerprint density at radius 3 is 2.46 bits per heavy atom. The summed E-state index contributed by atoms with van der Waals surface area (Å²) in [6.07, 6.45) is 0.938. The summed E-state index contributed by atoms with van der Waals surface area (Å²) in [5.74, 6) is -0.261. The Bertz CT molecular complexity index is 820. The molecular weight excluding hydrogens is 332 g/mol. The van der Waals surface area contributed by atoms with Gasteiger partial charge in [0.1, 0.15) is 5.82 Å². The average Bonchev–Trinajstić information content (AvgIpc) is 3.02. The summed E-state index contributed by atoms with van der Waals surface area (Å²) in [6, 6.07) is 7.97. The molecule has 1 saturated heterocycles. The van der Waals surface area contributed by atoms with Crippen molar-refractivity contribution in [1.29, 1.82) is 0 Å². The highest BCUT2D eigenvalue weighted by atomic mass is 16.4. The molecule has 1 aliphatic rings. The number of rotatable bonds is 4. The van der Waals surface area contributed by atoms with E-state index in [1.54, 1.807) is 9.58 Å². The number of hydrogen-bond acceptors (Lipinski definition) is 4. The zero-order chi connectivity index (χ0) is 18.8. The number of carbonyl (C=O) groups is 2. The first-order chi connectivity index (χ1) is 12.4. The minimum absolute atomic E-state index is 0.162. The molecule has 138 valence electrons. The molecule has 0 atom stereocenters. The second-order valence-corrected chi connectivity index (χ2v) is 7.01. The molecule has 3 rings (SSSR count). The molecule has 0 radical (unpaired) electrons. The van der Waals surface area contributed by atoms with Gasteiger partial charge in [0.25, 0.3) is 5.91 Å². The van der Waals surface area contributed by atoms with Crippen LogP contribution in [0.3, 0.4) is 0 Å². The van der Waals surface area contributed by atoms with Gasteiger partial charge < -0.3 is 10.0 Å². The molecule has 0 unspecified atom stereocenters. The highest BCUT2D eigenvalue weighted by Crippen LogP contribution is 2.24. The minimum atomic E-state index is -0.791. The predicted octanol–water partition coefficient (Wildman–Crippen LogP) is 2.64. The van der Waals surface area contributed by atoms with Gasteiger partial charge in [-0.3, -0.25) is 9.59 Å². The number of benzene rings is 1. The first-order valence-electron chi connectivity index (χ1n) is 8.93. The second-order valence-electron chi connectivity index (χ2n) is 7.01. The van der Waals surface area contributed by atoms with Crippen molar-refractivity contribution in [2.75, 3.05) is 13.1 Å². The monoisotopic (exact) mass is 356 g/mol. The number of aromatic nitrogens is 3. The molecule has 2 heterocycles. The van der Waals surface area contributed by atoms with Crippen molar-refractivity contribution in [3.05, 3.63) is 41.5 Å². The third-order valence-corrected chi connectivity index (χ3v) is 4.88. The number of para-hydroxylation sites is 1. The lowest BCUT2D eigenvalue weighted by Crippen LogP contribution is -2.40. The van der Waals surface area contributed by atoms with E-state index < -0.39 is 5.97 Å². The van der Waals surface area contributed by atoms with E-state index in [1.165, 1.54) is 0 Å². The largest absolute Gasteiger partial charge is 0.481 e. The molecule has 1 N–H and O–H groups in total. The number of carboxylic acid groups (broad SMARTS) is 1. The van der Waals surface area contributed by atoms with E-state index >= 15 is 0 Å². The van der Waals surface area contributed by atoms with Crippen molar-refractivity contribution in [2.24, 2.45) is 5.92 Å². The number of carboxylic acids is 1. The number of amides is 1. The molecule has 0 spiro atoms. The normalized spacial score (nSPS) is 15.5. The maximum atomic E-state index is 12.7. The number of piperidine rings is 1. The molecule has 0 aliphatic carbocycles. The van der Waals surface area contributed by atoms with Crippen molar-refractivity contribution in [3.8, 4) is 5.69 Å². The van der Waals surface area contributed by atoms with Crippen LogP contribution in [0.2, 0.25) is 0 Å².